The molecule has 0 radical (unpaired) electrons. The highest BCUT2D eigenvalue weighted by molar-refractivity contribution is 5.45. The minimum Gasteiger partial charge on any atom is -0.493 e. The Hall–Kier alpha value is -2.66. The van der Waals surface area contributed by atoms with Crippen LogP contribution in [0.25, 0.3) is 0 Å². The molecule has 5 nitrogen and oxygen atoms in total. The molecule has 0 spiro atoms. The maximum absolute atomic E-state index is 11.2. The van der Waals surface area contributed by atoms with Crippen LogP contribution in [0.15, 0.2) is 54.9 Å². The molecule has 0 aliphatic heterocycles. The van der Waals surface area contributed by atoms with Gasteiger partial charge in [-0.15, -0.1) is 0 Å². The molecule has 1 unspecified atom stereocenters. The van der Waals surface area contributed by atoms with Crippen LogP contribution >= 0.6 is 0 Å². The monoisotopic (exact) mass is 340 g/mol. The van der Waals surface area contributed by atoms with E-state index >= 15 is 0 Å². The molecule has 0 fully saturated rings. The average molecular weight is 340 g/mol. The van der Waals surface area contributed by atoms with Crippen molar-refractivity contribution in [1.29, 1.82) is 0 Å². The summed E-state index contributed by atoms with van der Waals surface area (Å²) in [7, 11) is 7.18. The molecule has 2 heterocycles. The Bertz CT molecular complexity index is 810. The summed E-state index contributed by atoms with van der Waals surface area (Å²) >= 11 is 0. The zero-order valence-electron chi connectivity index (χ0n) is 15.0. The van der Waals surface area contributed by atoms with Gasteiger partial charge in [0.05, 0.1) is 26.2 Å². The van der Waals surface area contributed by atoms with Crippen LogP contribution in [0.5, 0.6) is 11.5 Å². The number of hydrogen-bond acceptors (Lipinski definition) is 3. The van der Waals surface area contributed by atoms with Crippen LogP contribution in [0.2, 0.25) is 0 Å². The fourth-order valence-corrected chi connectivity index (χ4v) is 3.30. The molecule has 0 aliphatic rings. The molecule has 0 bridgehead atoms. The lowest BCUT2D eigenvalue weighted by Gasteiger charge is -2.25. The van der Waals surface area contributed by atoms with Crippen LogP contribution in [0.4, 0.5) is 0 Å². The maximum Gasteiger partial charge on any atom is 0.161 e. The SMILES string of the molecule is COc1ccc(C(O)C(c2cccn2C)c2cccn2C)cc1OC. The molecule has 3 aromatic rings. The Morgan fingerprint density at radius 3 is 1.84 bits per heavy atom. The minimum atomic E-state index is -0.720. The number of ether oxygens (including phenoxy) is 2. The van der Waals surface area contributed by atoms with Crippen LogP contribution in [0, 0.1) is 0 Å². The lowest BCUT2D eigenvalue weighted by molar-refractivity contribution is 0.153. The summed E-state index contributed by atoms with van der Waals surface area (Å²) in [5, 5.41) is 11.2. The van der Waals surface area contributed by atoms with Gasteiger partial charge in [0.15, 0.2) is 11.5 Å². The van der Waals surface area contributed by atoms with E-state index in [1.807, 2.05) is 78.1 Å². The third kappa shape index (κ3) is 3.15. The van der Waals surface area contributed by atoms with Crippen molar-refractivity contribution < 1.29 is 14.6 Å². The zero-order chi connectivity index (χ0) is 18.0. The molecule has 3 rings (SSSR count). The molecule has 0 amide bonds. The highest BCUT2D eigenvalue weighted by Crippen LogP contribution is 2.39. The quantitative estimate of drug-likeness (QED) is 0.749. The number of benzene rings is 1. The number of hydrogen-bond donors (Lipinski definition) is 1. The van der Waals surface area contributed by atoms with E-state index in [2.05, 4.69) is 0 Å². The molecule has 2 aromatic heterocycles. The van der Waals surface area contributed by atoms with Gasteiger partial charge in [-0.25, -0.2) is 0 Å². The molecule has 25 heavy (non-hydrogen) atoms. The van der Waals surface area contributed by atoms with Gasteiger partial charge in [0.25, 0.3) is 0 Å². The molecule has 1 N–H and O–H groups in total. The van der Waals surface area contributed by atoms with E-state index < -0.39 is 6.10 Å². The van der Waals surface area contributed by atoms with Crippen LogP contribution in [-0.2, 0) is 14.1 Å². The Morgan fingerprint density at radius 2 is 1.40 bits per heavy atom. The van der Waals surface area contributed by atoms with Crippen LogP contribution in [0.1, 0.15) is 29.0 Å². The van der Waals surface area contributed by atoms with Crippen molar-refractivity contribution in [1.82, 2.24) is 9.13 Å². The molecular weight excluding hydrogens is 316 g/mol. The van der Waals surface area contributed by atoms with Crippen LogP contribution in [-0.4, -0.2) is 28.5 Å². The van der Waals surface area contributed by atoms with Gasteiger partial charge in [-0.05, 0) is 42.0 Å². The largest absolute Gasteiger partial charge is 0.493 e. The number of nitrogens with zero attached hydrogens (tertiary/aromatic N) is 2. The highest BCUT2D eigenvalue weighted by atomic mass is 16.5. The predicted octanol–water partition coefficient (Wildman–Crippen LogP) is 3.25. The van der Waals surface area contributed by atoms with E-state index in [4.69, 9.17) is 9.47 Å². The summed E-state index contributed by atoms with van der Waals surface area (Å²) in [6, 6.07) is 13.6. The minimum absolute atomic E-state index is 0.196. The van der Waals surface area contributed by atoms with Crippen molar-refractivity contribution in [3.8, 4) is 11.5 Å². The van der Waals surface area contributed by atoms with E-state index in [9.17, 15) is 5.11 Å². The summed E-state index contributed by atoms with van der Waals surface area (Å²) in [4.78, 5) is 0. The summed E-state index contributed by atoms with van der Waals surface area (Å²) in [6.45, 7) is 0. The van der Waals surface area contributed by atoms with Gasteiger partial charge < -0.3 is 23.7 Å². The molecule has 5 heteroatoms. The molecule has 132 valence electrons. The average Bonchev–Trinajstić information content (AvgIpc) is 3.24. The van der Waals surface area contributed by atoms with E-state index in [-0.39, 0.29) is 5.92 Å². The normalized spacial score (nSPS) is 12.4. The second-order valence-electron chi connectivity index (χ2n) is 6.12. The third-order valence-corrected chi connectivity index (χ3v) is 4.67. The summed E-state index contributed by atoms with van der Waals surface area (Å²) in [6.07, 6.45) is 3.26. The second-order valence-corrected chi connectivity index (χ2v) is 6.12. The number of aromatic nitrogens is 2. The number of aliphatic hydroxyl groups excluding tert-OH is 1. The Labute approximate surface area is 148 Å². The maximum atomic E-state index is 11.2. The lowest BCUT2D eigenvalue weighted by Crippen LogP contribution is -2.18. The Kier molecular flexibility index (Phi) is 4.86. The number of methoxy groups -OCH3 is 2. The first-order valence-electron chi connectivity index (χ1n) is 8.19. The van der Waals surface area contributed by atoms with Crippen molar-refractivity contribution >= 4 is 0 Å². The van der Waals surface area contributed by atoms with E-state index in [1.165, 1.54) is 0 Å². The Balaban J connectivity index is 2.08. The van der Waals surface area contributed by atoms with Crippen molar-refractivity contribution in [2.75, 3.05) is 14.2 Å². The van der Waals surface area contributed by atoms with Gasteiger partial charge in [-0.3, -0.25) is 0 Å². The summed E-state index contributed by atoms with van der Waals surface area (Å²) in [5.41, 5.74) is 2.87. The summed E-state index contributed by atoms with van der Waals surface area (Å²) in [5.74, 6) is 1.06. The second kappa shape index (κ2) is 7.07. The first-order chi connectivity index (χ1) is 12.1. The van der Waals surface area contributed by atoms with Gasteiger partial charge in [-0.1, -0.05) is 6.07 Å². The van der Waals surface area contributed by atoms with Crippen molar-refractivity contribution in [2.45, 2.75) is 12.0 Å². The summed E-state index contributed by atoms with van der Waals surface area (Å²) < 4.78 is 14.8. The first kappa shape index (κ1) is 17.2. The van der Waals surface area contributed by atoms with Gasteiger partial charge in [0, 0.05) is 37.9 Å². The van der Waals surface area contributed by atoms with Crippen LogP contribution in [0.3, 0.4) is 0 Å². The fourth-order valence-electron chi connectivity index (χ4n) is 3.30. The molecule has 0 saturated heterocycles. The van der Waals surface area contributed by atoms with Gasteiger partial charge in [-0.2, -0.15) is 0 Å². The van der Waals surface area contributed by atoms with Crippen molar-refractivity contribution in [2.24, 2.45) is 14.1 Å². The van der Waals surface area contributed by atoms with Crippen molar-refractivity contribution in [3.63, 3.8) is 0 Å². The van der Waals surface area contributed by atoms with E-state index in [0.717, 1.165) is 17.0 Å². The molecule has 1 aromatic carbocycles. The van der Waals surface area contributed by atoms with Crippen LogP contribution < -0.4 is 9.47 Å². The zero-order valence-corrected chi connectivity index (χ0v) is 15.0. The van der Waals surface area contributed by atoms with Gasteiger partial charge in [0.1, 0.15) is 0 Å². The topological polar surface area (TPSA) is 48.5 Å². The Morgan fingerprint density at radius 1 is 0.840 bits per heavy atom. The number of aliphatic hydroxyl groups is 1. The molecular formula is C20H24N2O3. The molecule has 0 saturated carbocycles. The fraction of sp³-hybridized carbons (Fsp3) is 0.300. The van der Waals surface area contributed by atoms with Crippen molar-refractivity contribution in [3.05, 3.63) is 71.8 Å². The third-order valence-electron chi connectivity index (χ3n) is 4.67. The van der Waals surface area contributed by atoms with E-state index in [0.29, 0.717) is 11.5 Å². The van der Waals surface area contributed by atoms with Gasteiger partial charge in [0.2, 0.25) is 0 Å². The highest BCUT2D eigenvalue weighted by Gasteiger charge is 2.29. The first-order valence-corrected chi connectivity index (χ1v) is 8.19. The smallest absolute Gasteiger partial charge is 0.161 e. The molecule has 1 atom stereocenters. The number of rotatable bonds is 6. The standard InChI is InChI=1S/C20H24N2O3/c1-21-11-5-7-15(21)19(16-8-6-12-22(16)2)20(23)14-9-10-17(24-3)18(13-14)25-4/h5-13,19-20,23H,1-4H3. The number of aryl methyl sites for hydroxylation is 2. The molecule has 0 aliphatic carbocycles. The van der Waals surface area contributed by atoms with Gasteiger partial charge >= 0.3 is 0 Å². The predicted molar refractivity (Wildman–Crippen MR) is 97.2 cm³/mol. The van der Waals surface area contributed by atoms with E-state index in [1.54, 1.807) is 14.2 Å². The lowest BCUT2D eigenvalue weighted by atomic mass is 9.89.